The van der Waals surface area contributed by atoms with Gasteiger partial charge in [0.1, 0.15) is 11.6 Å². The summed E-state index contributed by atoms with van der Waals surface area (Å²) in [5.41, 5.74) is -1.23. The molecule has 8 heteroatoms. The van der Waals surface area contributed by atoms with Crippen LogP contribution in [0.25, 0.3) is 0 Å². The van der Waals surface area contributed by atoms with Gasteiger partial charge in [-0.05, 0) is 19.8 Å². The van der Waals surface area contributed by atoms with Gasteiger partial charge in [0.15, 0.2) is 0 Å². The molecule has 0 aromatic carbocycles. The van der Waals surface area contributed by atoms with Crippen LogP contribution in [0, 0.1) is 17.8 Å². The van der Waals surface area contributed by atoms with E-state index in [1.807, 2.05) is 52.0 Å². The lowest BCUT2D eigenvalue weighted by atomic mass is 9.77. The van der Waals surface area contributed by atoms with Crippen molar-refractivity contribution in [2.24, 2.45) is 17.8 Å². The summed E-state index contributed by atoms with van der Waals surface area (Å²) in [6.45, 7) is 8.33. The number of fused-ring (bicyclic) bond motifs is 2. The van der Waals surface area contributed by atoms with Gasteiger partial charge in [-0.2, -0.15) is 0 Å². The molecular weight excluding hydrogens is 398 g/mol. The third kappa shape index (κ3) is 3.06. The van der Waals surface area contributed by atoms with Gasteiger partial charge in [0, 0.05) is 26.2 Å². The standard InChI is InChI=1S/C23H33N3O5/c1-13(2)15(12-27)26-19-22(30)25(14(3)4)11-7-9-23(19)18(21(26)29)17-16(31-23)8-6-10-24(5)20(17)28/h6-9,13-19,27H,10-12H2,1-5H3/t15-,16-,17+,18-,19?,23-/m0/s1. The van der Waals surface area contributed by atoms with Crippen LogP contribution in [0.3, 0.4) is 0 Å². The number of hydrogen-bond acceptors (Lipinski definition) is 5. The second-order valence-corrected chi connectivity index (χ2v) is 9.72. The topological polar surface area (TPSA) is 90.4 Å². The fourth-order valence-corrected chi connectivity index (χ4v) is 5.66. The van der Waals surface area contributed by atoms with Crippen LogP contribution in [0.4, 0.5) is 0 Å². The minimum absolute atomic E-state index is 0.0607. The van der Waals surface area contributed by atoms with Gasteiger partial charge < -0.3 is 24.5 Å². The van der Waals surface area contributed by atoms with Gasteiger partial charge in [-0.1, -0.05) is 38.2 Å². The fraction of sp³-hybridized carbons (Fsp3) is 0.696. The highest BCUT2D eigenvalue weighted by Crippen LogP contribution is 2.54. The molecule has 0 aromatic heterocycles. The van der Waals surface area contributed by atoms with E-state index in [9.17, 15) is 19.5 Å². The van der Waals surface area contributed by atoms with E-state index in [0.29, 0.717) is 13.1 Å². The van der Waals surface area contributed by atoms with E-state index in [1.165, 1.54) is 4.90 Å². The third-order valence-corrected chi connectivity index (χ3v) is 7.27. The molecule has 2 fully saturated rings. The second kappa shape index (κ2) is 7.74. The van der Waals surface area contributed by atoms with Crippen LogP contribution in [0.2, 0.25) is 0 Å². The highest BCUT2D eigenvalue weighted by Gasteiger charge is 2.72. The first-order valence-corrected chi connectivity index (χ1v) is 11.2. The fourth-order valence-electron chi connectivity index (χ4n) is 5.66. The predicted octanol–water partition coefficient (Wildman–Crippen LogP) is 0.419. The lowest BCUT2D eigenvalue weighted by Crippen LogP contribution is -2.59. The Morgan fingerprint density at radius 2 is 1.81 bits per heavy atom. The molecule has 2 saturated heterocycles. The third-order valence-electron chi connectivity index (χ3n) is 7.27. The molecule has 0 radical (unpaired) electrons. The Balaban J connectivity index is 1.90. The van der Waals surface area contributed by atoms with Gasteiger partial charge in [0.2, 0.25) is 17.7 Å². The normalized spacial score (nSPS) is 36.1. The first kappa shape index (κ1) is 22.0. The molecule has 8 nitrogen and oxygen atoms in total. The molecule has 0 aromatic rings. The van der Waals surface area contributed by atoms with Gasteiger partial charge in [0.05, 0.1) is 30.6 Å². The molecule has 170 valence electrons. The van der Waals surface area contributed by atoms with Gasteiger partial charge in [-0.15, -0.1) is 0 Å². The number of nitrogens with zero attached hydrogens (tertiary/aromatic N) is 3. The Labute approximate surface area is 183 Å². The van der Waals surface area contributed by atoms with Crippen LogP contribution in [0.15, 0.2) is 24.3 Å². The quantitative estimate of drug-likeness (QED) is 0.652. The largest absolute Gasteiger partial charge is 0.394 e. The van der Waals surface area contributed by atoms with E-state index in [1.54, 1.807) is 16.8 Å². The lowest BCUT2D eigenvalue weighted by molar-refractivity contribution is -0.153. The summed E-state index contributed by atoms with van der Waals surface area (Å²) < 4.78 is 6.52. The van der Waals surface area contributed by atoms with Crippen molar-refractivity contribution in [2.75, 3.05) is 26.7 Å². The molecule has 4 aliphatic heterocycles. The summed E-state index contributed by atoms with van der Waals surface area (Å²) in [6.07, 6.45) is 6.89. The molecule has 31 heavy (non-hydrogen) atoms. The van der Waals surface area contributed by atoms with Crippen LogP contribution in [-0.2, 0) is 19.1 Å². The zero-order valence-electron chi connectivity index (χ0n) is 18.9. The van der Waals surface area contributed by atoms with E-state index in [-0.39, 0.29) is 36.3 Å². The van der Waals surface area contributed by atoms with Crippen LogP contribution >= 0.6 is 0 Å². The van der Waals surface area contributed by atoms with Crippen molar-refractivity contribution in [1.82, 2.24) is 14.7 Å². The number of aliphatic hydroxyl groups excluding tert-OH is 1. The number of likely N-dealkylation sites (tertiary alicyclic amines) is 1. The Hall–Kier alpha value is -2.19. The molecule has 1 spiro atoms. The van der Waals surface area contributed by atoms with Gasteiger partial charge in [-0.3, -0.25) is 14.4 Å². The van der Waals surface area contributed by atoms with Crippen LogP contribution < -0.4 is 0 Å². The van der Waals surface area contributed by atoms with Crippen LogP contribution in [0.5, 0.6) is 0 Å². The molecule has 4 rings (SSSR count). The average Bonchev–Trinajstić information content (AvgIpc) is 3.02. The minimum atomic E-state index is -1.23. The summed E-state index contributed by atoms with van der Waals surface area (Å²) in [4.78, 5) is 45.9. The molecule has 0 bridgehead atoms. The van der Waals surface area contributed by atoms with Crippen LogP contribution in [-0.4, -0.2) is 94.1 Å². The lowest BCUT2D eigenvalue weighted by Gasteiger charge is -2.40. The smallest absolute Gasteiger partial charge is 0.249 e. The SMILES string of the molecule is CC(C)[C@H](CO)N1C(=O)[C@@H]2[C@@H]3C(=O)N(C)CC=C[C@@H]3O[C@@]23C=CCN(C(C)C)C(=O)C13. The number of aliphatic hydroxyl groups is 1. The Kier molecular flexibility index (Phi) is 5.50. The van der Waals surface area contributed by atoms with E-state index in [4.69, 9.17) is 4.74 Å². The maximum absolute atomic E-state index is 13.9. The molecule has 3 amide bonds. The first-order chi connectivity index (χ1) is 14.7. The van der Waals surface area contributed by atoms with E-state index in [0.717, 1.165) is 0 Å². The molecule has 1 N–H and O–H groups in total. The number of amides is 3. The number of hydrogen-bond donors (Lipinski definition) is 1. The predicted molar refractivity (Wildman–Crippen MR) is 114 cm³/mol. The number of carbonyl (C=O) groups excluding carboxylic acids is 3. The average molecular weight is 432 g/mol. The Morgan fingerprint density at radius 3 is 2.42 bits per heavy atom. The molecule has 0 aliphatic carbocycles. The van der Waals surface area contributed by atoms with Gasteiger partial charge >= 0.3 is 0 Å². The van der Waals surface area contributed by atoms with E-state index < -0.39 is 35.6 Å². The van der Waals surface area contributed by atoms with E-state index in [2.05, 4.69) is 0 Å². The highest BCUT2D eigenvalue weighted by atomic mass is 16.5. The Bertz CT molecular complexity index is 837. The molecule has 6 atom stereocenters. The van der Waals surface area contributed by atoms with Crippen molar-refractivity contribution in [3.05, 3.63) is 24.3 Å². The maximum atomic E-state index is 13.9. The second-order valence-electron chi connectivity index (χ2n) is 9.72. The monoisotopic (exact) mass is 431 g/mol. The number of ether oxygens (including phenoxy) is 1. The molecule has 4 aliphatic rings. The summed E-state index contributed by atoms with van der Waals surface area (Å²) in [5.74, 6) is -2.21. The maximum Gasteiger partial charge on any atom is 0.249 e. The minimum Gasteiger partial charge on any atom is -0.394 e. The van der Waals surface area contributed by atoms with Crippen molar-refractivity contribution in [1.29, 1.82) is 0 Å². The van der Waals surface area contributed by atoms with Crippen molar-refractivity contribution in [3.8, 4) is 0 Å². The molecule has 4 heterocycles. The van der Waals surface area contributed by atoms with Crippen LogP contribution in [0.1, 0.15) is 27.7 Å². The molecule has 0 saturated carbocycles. The van der Waals surface area contributed by atoms with Crippen molar-refractivity contribution in [2.45, 2.75) is 57.5 Å². The number of carbonyl (C=O) groups is 3. The zero-order valence-corrected chi connectivity index (χ0v) is 18.9. The molecular formula is C23H33N3O5. The summed E-state index contributed by atoms with van der Waals surface area (Å²) in [5, 5.41) is 10.2. The Morgan fingerprint density at radius 1 is 1.10 bits per heavy atom. The number of rotatable bonds is 4. The summed E-state index contributed by atoms with van der Waals surface area (Å²) >= 11 is 0. The summed E-state index contributed by atoms with van der Waals surface area (Å²) in [7, 11) is 1.72. The zero-order chi connectivity index (χ0) is 22.7. The van der Waals surface area contributed by atoms with Crippen molar-refractivity contribution < 1.29 is 24.2 Å². The number of likely N-dealkylation sites (N-methyl/N-ethyl adjacent to an activating group) is 1. The molecule has 1 unspecified atom stereocenters. The first-order valence-electron chi connectivity index (χ1n) is 11.2. The van der Waals surface area contributed by atoms with E-state index >= 15 is 0 Å². The van der Waals surface area contributed by atoms with Crippen molar-refractivity contribution in [3.63, 3.8) is 0 Å². The van der Waals surface area contributed by atoms with Gasteiger partial charge in [-0.25, -0.2) is 0 Å². The highest BCUT2D eigenvalue weighted by molar-refractivity contribution is 6.00. The van der Waals surface area contributed by atoms with Crippen molar-refractivity contribution >= 4 is 17.7 Å². The summed E-state index contributed by atoms with van der Waals surface area (Å²) in [6, 6.07) is -1.51. The van der Waals surface area contributed by atoms with Gasteiger partial charge in [0.25, 0.3) is 0 Å².